The van der Waals surface area contributed by atoms with Crippen molar-refractivity contribution in [3.05, 3.63) is 42.2 Å². The molecule has 1 aromatic rings. The van der Waals surface area contributed by atoms with Crippen LogP contribution in [0.25, 0.3) is 0 Å². The van der Waals surface area contributed by atoms with Gasteiger partial charge in [0.25, 0.3) is 0 Å². The third kappa shape index (κ3) is 3.34. The molecule has 0 aliphatic carbocycles. The minimum atomic E-state index is -4.37. The molecular formula is C11H12F3NO3S. The van der Waals surface area contributed by atoms with Crippen molar-refractivity contribution in [1.29, 1.82) is 0 Å². The Morgan fingerprint density at radius 3 is 2.32 bits per heavy atom. The largest absolute Gasteiger partial charge is 0.395 e. The number of benzene rings is 1. The van der Waals surface area contributed by atoms with Gasteiger partial charge in [0.15, 0.2) is 11.6 Å². The molecule has 0 atom stereocenters. The summed E-state index contributed by atoms with van der Waals surface area (Å²) in [6.07, 6.45) is 1.23. The van der Waals surface area contributed by atoms with Gasteiger partial charge in [0.2, 0.25) is 10.0 Å². The van der Waals surface area contributed by atoms with E-state index in [1.54, 1.807) is 0 Å². The predicted molar refractivity (Wildman–Crippen MR) is 62.4 cm³/mol. The Morgan fingerprint density at radius 1 is 1.21 bits per heavy atom. The van der Waals surface area contributed by atoms with Gasteiger partial charge in [-0.25, -0.2) is 21.6 Å². The molecule has 8 heteroatoms. The number of halogens is 3. The summed E-state index contributed by atoms with van der Waals surface area (Å²) in [6.45, 7) is 2.32. The summed E-state index contributed by atoms with van der Waals surface area (Å²) in [7, 11) is -4.37. The van der Waals surface area contributed by atoms with Crippen LogP contribution >= 0.6 is 0 Å². The van der Waals surface area contributed by atoms with Gasteiger partial charge < -0.3 is 5.11 Å². The second-order valence-electron chi connectivity index (χ2n) is 3.57. The number of sulfonamides is 1. The van der Waals surface area contributed by atoms with E-state index in [9.17, 15) is 21.6 Å². The molecule has 0 spiro atoms. The third-order valence-corrected chi connectivity index (χ3v) is 4.15. The summed E-state index contributed by atoms with van der Waals surface area (Å²) in [4.78, 5) is -0.985. The lowest BCUT2D eigenvalue weighted by molar-refractivity contribution is 0.260. The van der Waals surface area contributed by atoms with Crippen molar-refractivity contribution < 1.29 is 26.7 Å². The molecule has 0 aliphatic heterocycles. The number of aliphatic hydroxyl groups excluding tert-OH is 1. The smallest absolute Gasteiger partial charge is 0.246 e. The van der Waals surface area contributed by atoms with Crippen LogP contribution in [0.15, 0.2) is 29.7 Å². The second kappa shape index (κ2) is 6.18. The lowest BCUT2D eigenvalue weighted by Gasteiger charge is -2.20. The van der Waals surface area contributed by atoms with Crippen molar-refractivity contribution in [3.63, 3.8) is 0 Å². The van der Waals surface area contributed by atoms with E-state index in [2.05, 4.69) is 6.58 Å². The number of hydrogen-bond acceptors (Lipinski definition) is 3. The highest BCUT2D eigenvalue weighted by atomic mass is 32.2. The van der Waals surface area contributed by atoms with Gasteiger partial charge in [0, 0.05) is 19.2 Å². The van der Waals surface area contributed by atoms with Gasteiger partial charge in [-0.1, -0.05) is 6.08 Å². The van der Waals surface area contributed by atoms with Crippen LogP contribution in [0.3, 0.4) is 0 Å². The molecule has 0 bridgehead atoms. The first kappa shape index (κ1) is 15.7. The molecule has 0 aromatic heterocycles. The van der Waals surface area contributed by atoms with Crippen LogP contribution in [0.5, 0.6) is 0 Å². The van der Waals surface area contributed by atoms with Crippen LogP contribution in [0.2, 0.25) is 0 Å². The highest BCUT2D eigenvalue weighted by molar-refractivity contribution is 7.89. The Kier molecular flexibility index (Phi) is 5.10. The molecule has 106 valence electrons. The quantitative estimate of drug-likeness (QED) is 0.635. The summed E-state index contributed by atoms with van der Waals surface area (Å²) in [5.41, 5.74) is 0. The zero-order valence-corrected chi connectivity index (χ0v) is 10.6. The second-order valence-corrected chi connectivity index (χ2v) is 5.48. The van der Waals surface area contributed by atoms with Crippen LogP contribution in [-0.4, -0.2) is 37.5 Å². The van der Waals surface area contributed by atoms with Gasteiger partial charge in [0.1, 0.15) is 10.7 Å². The van der Waals surface area contributed by atoms with E-state index in [0.717, 1.165) is 0 Å². The zero-order chi connectivity index (χ0) is 14.6. The molecule has 1 rings (SSSR count). The lowest BCUT2D eigenvalue weighted by Crippen LogP contribution is -2.34. The minimum absolute atomic E-state index is 0.160. The molecule has 0 saturated carbocycles. The van der Waals surface area contributed by atoms with Gasteiger partial charge in [-0.15, -0.1) is 6.58 Å². The zero-order valence-electron chi connectivity index (χ0n) is 9.81. The monoisotopic (exact) mass is 295 g/mol. The van der Waals surface area contributed by atoms with E-state index in [1.807, 2.05) is 0 Å². The standard InChI is InChI=1S/C11H12F3NO3S/c1-2-3-15(4-5-16)19(17,18)11-7-9(13)8(12)6-10(11)14/h2,6-7,16H,1,3-5H2. The fourth-order valence-electron chi connectivity index (χ4n) is 1.41. The molecule has 0 aliphatic rings. The first-order valence-electron chi connectivity index (χ1n) is 5.21. The maximum absolute atomic E-state index is 13.5. The van der Waals surface area contributed by atoms with Crippen LogP contribution < -0.4 is 0 Å². The van der Waals surface area contributed by atoms with Crippen LogP contribution in [-0.2, 0) is 10.0 Å². The van der Waals surface area contributed by atoms with Crippen molar-refractivity contribution >= 4 is 10.0 Å². The highest BCUT2D eigenvalue weighted by Crippen LogP contribution is 2.22. The van der Waals surface area contributed by atoms with Gasteiger partial charge in [-0.2, -0.15) is 4.31 Å². The predicted octanol–water partition coefficient (Wildman–Crippen LogP) is 1.27. The molecule has 4 nitrogen and oxygen atoms in total. The molecule has 0 radical (unpaired) electrons. The van der Waals surface area contributed by atoms with Crippen molar-refractivity contribution in [3.8, 4) is 0 Å². The molecule has 0 fully saturated rings. The fourth-order valence-corrected chi connectivity index (χ4v) is 2.87. The number of hydrogen-bond donors (Lipinski definition) is 1. The fraction of sp³-hybridized carbons (Fsp3) is 0.273. The molecule has 0 heterocycles. The highest BCUT2D eigenvalue weighted by Gasteiger charge is 2.28. The Labute approximate surface area is 108 Å². The van der Waals surface area contributed by atoms with Gasteiger partial charge in [-0.05, 0) is 6.07 Å². The van der Waals surface area contributed by atoms with Crippen molar-refractivity contribution in [1.82, 2.24) is 4.31 Å². The van der Waals surface area contributed by atoms with Gasteiger partial charge in [0.05, 0.1) is 6.61 Å². The molecule has 0 saturated heterocycles. The molecule has 1 N–H and O–H groups in total. The summed E-state index contributed by atoms with van der Waals surface area (Å²) in [5, 5.41) is 8.77. The summed E-state index contributed by atoms with van der Waals surface area (Å²) in [5.74, 6) is -4.35. The Bertz CT molecular complexity index is 575. The maximum Gasteiger partial charge on any atom is 0.246 e. The topological polar surface area (TPSA) is 57.6 Å². The Hall–Kier alpha value is -1.38. The van der Waals surface area contributed by atoms with Crippen LogP contribution in [0, 0.1) is 17.5 Å². The van der Waals surface area contributed by atoms with E-state index in [-0.39, 0.29) is 25.2 Å². The Balaban J connectivity index is 3.32. The van der Waals surface area contributed by atoms with E-state index in [0.29, 0.717) is 4.31 Å². The third-order valence-electron chi connectivity index (χ3n) is 2.27. The molecular weight excluding hydrogens is 283 g/mol. The average Bonchev–Trinajstić information content (AvgIpc) is 2.33. The number of aliphatic hydroxyl groups is 1. The Morgan fingerprint density at radius 2 is 1.79 bits per heavy atom. The molecule has 0 unspecified atom stereocenters. The molecule has 0 amide bonds. The van der Waals surface area contributed by atoms with E-state index >= 15 is 0 Å². The van der Waals surface area contributed by atoms with E-state index in [1.165, 1.54) is 6.08 Å². The maximum atomic E-state index is 13.5. The van der Waals surface area contributed by atoms with E-state index < -0.39 is 39.0 Å². The summed E-state index contributed by atoms with van der Waals surface area (Å²) < 4.78 is 64.0. The van der Waals surface area contributed by atoms with E-state index in [4.69, 9.17) is 5.11 Å². The number of rotatable bonds is 6. The van der Waals surface area contributed by atoms with Crippen molar-refractivity contribution in [2.45, 2.75) is 4.90 Å². The average molecular weight is 295 g/mol. The summed E-state index contributed by atoms with van der Waals surface area (Å²) in [6, 6.07) is 0.431. The van der Waals surface area contributed by atoms with Crippen molar-refractivity contribution in [2.24, 2.45) is 0 Å². The van der Waals surface area contributed by atoms with Crippen LogP contribution in [0.4, 0.5) is 13.2 Å². The first-order valence-corrected chi connectivity index (χ1v) is 6.65. The minimum Gasteiger partial charge on any atom is -0.395 e. The lowest BCUT2D eigenvalue weighted by atomic mass is 10.3. The normalized spacial score (nSPS) is 11.8. The SMILES string of the molecule is C=CCN(CCO)S(=O)(=O)c1cc(F)c(F)cc1F. The first-order chi connectivity index (χ1) is 8.84. The molecule has 19 heavy (non-hydrogen) atoms. The van der Waals surface area contributed by atoms with Gasteiger partial charge in [-0.3, -0.25) is 0 Å². The summed E-state index contributed by atoms with van der Waals surface area (Å²) >= 11 is 0. The molecule has 1 aromatic carbocycles. The number of nitrogens with zero attached hydrogens (tertiary/aromatic N) is 1. The van der Waals surface area contributed by atoms with Crippen LogP contribution in [0.1, 0.15) is 0 Å². The van der Waals surface area contributed by atoms with Crippen molar-refractivity contribution in [2.75, 3.05) is 19.7 Å². The van der Waals surface area contributed by atoms with Gasteiger partial charge >= 0.3 is 0 Å².